The smallest absolute Gasteiger partial charge is 0.289 e. The Bertz CT molecular complexity index is 809. The summed E-state index contributed by atoms with van der Waals surface area (Å²) in [6.07, 6.45) is 6.85. The predicted octanol–water partition coefficient (Wildman–Crippen LogP) is 3.30. The molecule has 0 aliphatic heterocycles. The zero-order chi connectivity index (χ0) is 17.6. The first kappa shape index (κ1) is 17.0. The van der Waals surface area contributed by atoms with E-state index in [1.807, 2.05) is 48.0 Å². The molecule has 0 saturated carbocycles. The monoisotopic (exact) mass is 338 g/mol. The molecule has 130 valence electrons. The molecule has 1 N–H and O–H groups in total. The quantitative estimate of drug-likeness (QED) is 0.717. The van der Waals surface area contributed by atoms with Crippen LogP contribution in [0.25, 0.3) is 0 Å². The average Bonchev–Trinajstić information content (AvgIpc) is 3.28. The van der Waals surface area contributed by atoms with Crippen molar-refractivity contribution in [2.45, 2.75) is 39.3 Å². The van der Waals surface area contributed by atoms with Gasteiger partial charge in [-0.25, -0.2) is 9.97 Å². The highest BCUT2D eigenvalue weighted by molar-refractivity contribution is 5.92. The Labute approximate surface area is 146 Å². The Morgan fingerprint density at radius 2 is 2.12 bits per heavy atom. The maximum Gasteiger partial charge on any atom is 0.289 e. The molecule has 2 aromatic heterocycles. The molecule has 1 amide bonds. The van der Waals surface area contributed by atoms with E-state index in [2.05, 4.69) is 15.3 Å². The molecule has 3 rings (SSSR count). The summed E-state index contributed by atoms with van der Waals surface area (Å²) < 4.78 is 7.57. The van der Waals surface area contributed by atoms with Gasteiger partial charge in [0.1, 0.15) is 0 Å². The van der Waals surface area contributed by atoms with Crippen molar-refractivity contribution in [2.75, 3.05) is 0 Å². The van der Waals surface area contributed by atoms with Gasteiger partial charge in [-0.1, -0.05) is 37.3 Å². The van der Waals surface area contributed by atoms with Crippen LogP contribution in [0.2, 0.25) is 0 Å². The normalized spacial score (nSPS) is 12.1. The van der Waals surface area contributed by atoms with E-state index in [4.69, 9.17) is 4.42 Å². The Hall–Kier alpha value is -2.89. The number of carbonyl (C=O) groups is 1. The molecule has 6 nitrogen and oxygen atoms in total. The molecule has 0 bridgehead atoms. The van der Waals surface area contributed by atoms with Crippen LogP contribution >= 0.6 is 0 Å². The SMILES string of the molecule is CCc1nc(C)c(C(=O)N[C@H](CCn2ccnc2)c2ccccc2)o1. The molecular formula is C19H22N4O2. The number of imidazole rings is 1. The Morgan fingerprint density at radius 1 is 1.32 bits per heavy atom. The highest BCUT2D eigenvalue weighted by atomic mass is 16.4. The average molecular weight is 338 g/mol. The van der Waals surface area contributed by atoms with Crippen LogP contribution in [0.4, 0.5) is 0 Å². The lowest BCUT2D eigenvalue weighted by atomic mass is 10.0. The second-order valence-corrected chi connectivity index (χ2v) is 5.90. The van der Waals surface area contributed by atoms with Crippen molar-refractivity contribution in [1.82, 2.24) is 19.9 Å². The summed E-state index contributed by atoms with van der Waals surface area (Å²) >= 11 is 0. The highest BCUT2D eigenvalue weighted by Crippen LogP contribution is 2.19. The first-order valence-corrected chi connectivity index (χ1v) is 8.45. The van der Waals surface area contributed by atoms with E-state index >= 15 is 0 Å². The molecular weight excluding hydrogens is 316 g/mol. The topological polar surface area (TPSA) is 73.0 Å². The van der Waals surface area contributed by atoms with E-state index in [0.29, 0.717) is 23.8 Å². The minimum absolute atomic E-state index is 0.120. The fourth-order valence-electron chi connectivity index (χ4n) is 2.74. The van der Waals surface area contributed by atoms with Crippen molar-refractivity contribution in [3.05, 3.63) is 72.0 Å². The second-order valence-electron chi connectivity index (χ2n) is 5.90. The number of hydrogen-bond donors (Lipinski definition) is 1. The summed E-state index contributed by atoms with van der Waals surface area (Å²) in [5, 5.41) is 3.08. The van der Waals surface area contributed by atoms with Crippen molar-refractivity contribution in [1.29, 1.82) is 0 Å². The van der Waals surface area contributed by atoms with Gasteiger partial charge < -0.3 is 14.3 Å². The van der Waals surface area contributed by atoms with Crippen molar-refractivity contribution < 1.29 is 9.21 Å². The lowest BCUT2D eigenvalue weighted by Gasteiger charge is -2.19. The second kappa shape index (κ2) is 7.79. The molecule has 0 aliphatic rings. The molecule has 0 spiro atoms. The van der Waals surface area contributed by atoms with Crippen LogP contribution in [-0.4, -0.2) is 20.4 Å². The van der Waals surface area contributed by atoms with Gasteiger partial charge in [0, 0.05) is 25.4 Å². The molecule has 0 aliphatic carbocycles. The van der Waals surface area contributed by atoms with E-state index < -0.39 is 0 Å². The highest BCUT2D eigenvalue weighted by Gasteiger charge is 2.21. The number of benzene rings is 1. The summed E-state index contributed by atoms with van der Waals surface area (Å²) in [5.74, 6) is 0.641. The lowest BCUT2D eigenvalue weighted by molar-refractivity contribution is 0.0903. The van der Waals surface area contributed by atoms with Gasteiger partial charge >= 0.3 is 0 Å². The molecule has 3 aromatic rings. The van der Waals surface area contributed by atoms with Gasteiger partial charge in [-0.3, -0.25) is 4.79 Å². The Kier molecular flexibility index (Phi) is 5.28. The molecule has 6 heteroatoms. The Morgan fingerprint density at radius 3 is 2.76 bits per heavy atom. The van der Waals surface area contributed by atoms with Crippen LogP contribution in [-0.2, 0) is 13.0 Å². The summed E-state index contributed by atoms with van der Waals surface area (Å²) in [7, 11) is 0. The summed E-state index contributed by atoms with van der Waals surface area (Å²) in [4.78, 5) is 21.0. The van der Waals surface area contributed by atoms with Crippen LogP contribution < -0.4 is 5.32 Å². The summed E-state index contributed by atoms with van der Waals surface area (Å²) in [6, 6.07) is 9.83. The number of nitrogens with zero attached hydrogens (tertiary/aromatic N) is 3. The van der Waals surface area contributed by atoms with Crippen molar-refractivity contribution in [3.8, 4) is 0 Å². The molecule has 0 unspecified atom stereocenters. The van der Waals surface area contributed by atoms with Crippen molar-refractivity contribution in [3.63, 3.8) is 0 Å². The minimum atomic E-state index is -0.232. The zero-order valence-corrected chi connectivity index (χ0v) is 14.5. The van der Waals surface area contributed by atoms with Crippen LogP contribution in [0, 0.1) is 6.92 Å². The van der Waals surface area contributed by atoms with Gasteiger partial charge in [-0.2, -0.15) is 0 Å². The molecule has 1 atom stereocenters. The number of aryl methyl sites for hydroxylation is 3. The number of rotatable bonds is 7. The maximum absolute atomic E-state index is 12.7. The first-order chi connectivity index (χ1) is 12.2. The van der Waals surface area contributed by atoms with Crippen LogP contribution in [0.5, 0.6) is 0 Å². The van der Waals surface area contributed by atoms with Crippen LogP contribution in [0.15, 0.2) is 53.5 Å². The molecule has 2 heterocycles. The number of amides is 1. The third kappa shape index (κ3) is 4.15. The van der Waals surface area contributed by atoms with Crippen LogP contribution in [0.3, 0.4) is 0 Å². The van der Waals surface area contributed by atoms with Gasteiger partial charge in [-0.05, 0) is 18.9 Å². The number of nitrogens with one attached hydrogen (secondary N) is 1. The van der Waals surface area contributed by atoms with E-state index in [0.717, 1.165) is 18.5 Å². The van der Waals surface area contributed by atoms with Gasteiger partial charge in [0.2, 0.25) is 5.76 Å². The van der Waals surface area contributed by atoms with E-state index in [1.165, 1.54) is 0 Å². The number of hydrogen-bond acceptors (Lipinski definition) is 4. The molecule has 25 heavy (non-hydrogen) atoms. The first-order valence-electron chi connectivity index (χ1n) is 8.45. The van der Waals surface area contributed by atoms with E-state index in [-0.39, 0.29) is 11.9 Å². The Balaban J connectivity index is 1.76. The predicted molar refractivity (Wildman–Crippen MR) is 94.1 cm³/mol. The van der Waals surface area contributed by atoms with Crippen molar-refractivity contribution >= 4 is 5.91 Å². The lowest BCUT2D eigenvalue weighted by Crippen LogP contribution is -2.29. The number of aromatic nitrogens is 3. The van der Waals surface area contributed by atoms with Crippen LogP contribution in [0.1, 0.15) is 47.1 Å². The molecule has 1 aromatic carbocycles. The van der Waals surface area contributed by atoms with Gasteiger partial charge in [-0.15, -0.1) is 0 Å². The molecule has 0 saturated heterocycles. The standard InChI is InChI=1S/C19H22N4O2/c1-3-17-21-14(2)18(25-17)19(24)22-16(15-7-5-4-6-8-15)9-11-23-12-10-20-13-23/h4-8,10,12-13,16H,3,9,11H2,1-2H3,(H,22,24)/t16-/m1/s1. The third-order valence-electron chi connectivity index (χ3n) is 4.09. The molecule has 0 radical (unpaired) electrons. The fraction of sp³-hybridized carbons (Fsp3) is 0.316. The fourth-order valence-corrected chi connectivity index (χ4v) is 2.74. The van der Waals surface area contributed by atoms with Gasteiger partial charge in [0.25, 0.3) is 5.91 Å². The number of carbonyl (C=O) groups excluding carboxylic acids is 1. The maximum atomic E-state index is 12.7. The van der Waals surface area contributed by atoms with E-state index in [9.17, 15) is 4.79 Å². The van der Waals surface area contributed by atoms with E-state index in [1.54, 1.807) is 19.4 Å². The zero-order valence-electron chi connectivity index (χ0n) is 14.5. The minimum Gasteiger partial charge on any atom is -0.435 e. The summed E-state index contributed by atoms with van der Waals surface area (Å²) in [5.41, 5.74) is 1.68. The molecule has 0 fully saturated rings. The number of oxazole rings is 1. The third-order valence-corrected chi connectivity index (χ3v) is 4.09. The largest absolute Gasteiger partial charge is 0.435 e. The summed E-state index contributed by atoms with van der Waals surface area (Å²) in [6.45, 7) is 4.50. The van der Waals surface area contributed by atoms with Gasteiger partial charge in [0.15, 0.2) is 5.89 Å². The van der Waals surface area contributed by atoms with Crippen molar-refractivity contribution in [2.24, 2.45) is 0 Å². The van der Waals surface area contributed by atoms with Gasteiger partial charge in [0.05, 0.1) is 18.1 Å².